The summed E-state index contributed by atoms with van der Waals surface area (Å²) in [6, 6.07) is 18.5. The third-order valence-corrected chi connectivity index (χ3v) is 3.74. The summed E-state index contributed by atoms with van der Waals surface area (Å²) in [5.41, 5.74) is 2.21. The third-order valence-electron chi connectivity index (χ3n) is 3.74. The van der Waals surface area contributed by atoms with E-state index in [0.29, 0.717) is 5.39 Å². The van der Waals surface area contributed by atoms with Crippen molar-refractivity contribution in [2.24, 2.45) is 0 Å². The molecular weight excluding hydrogens is 276 g/mol. The number of carbonyl (C=O) groups is 1. The van der Waals surface area contributed by atoms with Gasteiger partial charge in [0.05, 0.1) is 0 Å². The summed E-state index contributed by atoms with van der Waals surface area (Å²) in [5, 5.41) is 11.8. The number of ether oxygens (including phenoxy) is 1. The quantitative estimate of drug-likeness (QED) is 0.735. The molecule has 3 heteroatoms. The van der Waals surface area contributed by atoms with Crippen molar-refractivity contribution in [3.05, 3.63) is 77.4 Å². The number of benzene rings is 3. The van der Waals surface area contributed by atoms with E-state index in [-0.39, 0.29) is 17.9 Å². The van der Waals surface area contributed by atoms with Crippen molar-refractivity contribution in [3.63, 3.8) is 0 Å². The van der Waals surface area contributed by atoms with Crippen LogP contribution in [0.3, 0.4) is 0 Å². The molecule has 22 heavy (non-hydrogen) atoms. The van der Waals surface area contributed by atoms with E-state index in [4.69, 9.17) is 4.74 Å². The van der Waals surface area contributed by atoms with Crippen LogP contribution in [0.1, 0.15) is 21.5 Å². The first-order valence-corrected chi connectivity index (χ1v) is 7.09. The zero-order valence-corrected chi connectivity index (χ0v) is 12.2. The number of phenolic OH excluding ortho intramolecular Hbond substituents is 1. The molecule has 0 saturated heterocycles. The smallest absolute Gasteiger partial charge is 0.342 e. The lowest BCUT2D eigenvalue weighted by atomic mass is 10.1. The number of rotatable bonds is 3. The van der Waals surface area contributed by atoms with Crippen molar-refractivity contribution >= 4 is 16.7 Å². The molecular formula is C19H16O3. The molecule has 0 bridgehead atoms. The van der Waals surface area contributed by atoms with E-state index < -0.39 is 5.97 Å². The zero-order chi connectivity index (χ0) is 15.5. The van der Waals surface area contributed by atoms with Crippen LogP contribution in [-0.2, 0) is 11.3 Å². The van der Waals surface area contributed by atoms with Gasteiger partial charge in [-0.2, -0.15) is 0 Å². The second-order valence-corrected chi connectivity index (χ2v) is 5.19. The predicted octanol–water partition coefficient (Wildman–Crippen LogP) is 4.21. The molecule has 3 aromatic carbocycles. The van der Waals surface area contributed by atoms with Crippen molar-refractivity contribution in [3.8, 4) is 5.75 Å². The number of carbonyl (C=O) groups excluding carboxylic acids is 1. The van der Waals surface area contributed by atoms with E-state index in [1.165, 1.54) is 0 Å². The Hall–Kier alpha value is -2.81. The Kier molecular flexibility index (Phi) is 3.79. The number of aryl methyl sites for hydroxylation is 1. The van der Waals surface area contributed by atoms with Gasteiger partial charge < -0.3 is 9.84 Å². The molecule has 0 heterocycles. The number of fused-ring (bicyclic) bond motifs is 1. The molecule has 3 rings (SSSR count). The maximum absolute atomic E-state index is 12.2. The highest BCUT2D eigenvalue weighted by Gasteiger charge is 2.15. The highest BCUT2D eigenvalue weighted by atomic mass is 16.5. The third kappa shape index (κ3) is 2.66. The first kappa shape index (κ1) is 14.1. The second kappa shape index (κ2) is 5.90. The first-order valence-electron chi connectivity index (χ1n) is 7.09. The van der Waals surface area contributed by atoms with Crippen molar-refractivity contribution in [2.75, 3.05) is 0 Å². The topological polar surface area (TPSA) is 46.5 Å². The Balaban J connectivity index is 1.84. The zero-order valence-electron chi connectivity index (χ0n) is 12.2. The molecule has 0 atom stereocenters. The number of hydrogen-bond acceptors (Lipinski definition) is 3. The molecule has 3 aromatic rings. The van der Waals surface area contributed by atoms with Crippen LogP contribution < -0.4 is 0 Å². The van der Waals surface area contributed by atoms with E-state index in [0.717, 1.165) is 16.5 Å². The Morgan fingerprint density at radius 1 is 1.00 bits per heavy atom. The van der Waals surface area contributed by atoms with Crippen LogP contribution in [0.4, 0.5) is 0 Å². The lowest BCUT2D eigenvalue weighted by Crippen LogP contribution is -2.06. The summed E-state index contributed by atoms with van der Waals surface area (Å²) in [5.74, 6) is -0.556. The Morgan fingerprint density at radius 2 is 1.73 bits per heavy atom. The molecule has 0 aliphatic rings. The molecule has 0 aliphatic heterocycles. The highest BCUT2D eigenvalue weighted by molar-refractivity contribution is 6.01. The van der Waals surface area contributed by atoms with Crippen molar-refractivity contribution in [1.29, 1.82) is 0 Å². The summed E-state index contributed by atoms with van der Waals surface area (Å²) in [6.45, 7) is 2.16. The van der Waals surface area contributed by atoms with E-state index in [2.05, 4.69) is 0 Å². The fourth-order valence-electron chi connectivity index (χ4n) is 2.41. The average molecular weight is 292 g/mol. The SMILES string of the molecule is Cc1ccccc1COC(=O)c1ccc2ccccc2c1O. The van der Waals surface area contributed by atoms with E-state index in [1.54, 1.807) is 18.2 Å². The van der Waals surface area contributed by atoms with E-state index >= 15 is 0 Å². The van der Waals surface area contributed by atoms with Gasteiger partial charge in [-0.3, -0.25) is 0 Å². The number of esters is 1. The summed E-state index contributed by atoms with van der Waals surface area (Å²) in [4.78, 5) is 12.2. The van der Waals surface area contributed by atoms with Gasteiger partial charge >= 0.3 is 5.97 Å². The molecule has 0 spiro atoms. The monoisotopic (exact) mass is 292 g/mol. The Labute approximate surface area is 128 Å². The molecule has 0 aromatic heterocycles. The van der Waals surface area contributed by atoms with Crippen molar-refractivity contribution in [1.82, 2.24) is 0 Å². The van der Waals surface area contributed by atoms with Gasteiger partial charge in [0, 0.05) is 5.39 Å². The summed E-state index contributed by atoms with van der Waals surface area (Å²) >= 11 is 0. The molecule has 0 radical (unpaired) electrons. The molecule has 0 amide bonds. The number of hydrogen-bond donors (Lipinski definition) is 1. The fourth-order valence-corrected chi connectivity index (χ4v) is 2.41. The normalized spacial score (nSPS) is 10.6. The Morgan fingerprint density at radius 3 is 2.55 bits per heavy atom. The van der Waals surface area contributed by atoms with Gasteiger partial charge in [-0.05, 0) is 29.5 Å². The molecule has 0 fully saturated rings. The molecule has 0 unspecified atom stereocenters. The van der Waals surface area contributed by atoms with Gasteiger partial charge in [0.15, 0.2) is 0 Å². The number of aromatic hydroxyl groups is 1. The van der Waals surface area contributed by atoms with Crippen LogP contribution in [0.25, 0.3) is 10.8 Å². The van der Waals surface area contributed by atoms with Gasteiger partial charge in [-0.15, -0.1) is 0 Å². The summed E-state index contributed by atoms with van der Waals surface area (Å²) in [6.07, 6.45) is 0. The van der Waals surface area contributed by atoms with Crippen LogP contribution in [-0.4, -0.2) is 11.1 Å². The van der Waals surface area contributed by atoms with Crippen LogP contribution in [0.5, 0.6) is 5.75 Å². The molecule has 1 N–H and O–H groups in total. The lowest BCUT2D eigenvalue weighted by molar-refractivity contribution is 0.0469. The minimum Gasteiger partial charge on any atom is -0.506 e. The van der Waals surface area contributed by atoms with Crippen LogP contribution in [0.2, 0.25) is 0 Å². The maximum atomic E-state index is 12.2. The maximum Gasteiger partial charge on any atom is 0.342 e. The predicted molar refractivity (Wildman–Crippen MR) is 85.9 cm³/mol. The summed E-state index contributed by atoms with van der Waals surface area (Å²) in [7, 11) is 0. The minimum atomic E-state index is -0.522. The van der Waals surface area contributed by atoms with Gasteiger partial charge in [-0.25, -0.2) is 4.79 Å². The minimum absolute atomic E-state index is 0.0344. The fraction of sp³-hybridized carbons (Fsp3) is 0.105. The van der Waals surface area contributed by atoms with E-state index in [1.807, 2.05) is 49.4 Å². The molecule has 0 aliphatic carbocycles. The van der Waals surface area contributed by atoms with Crippen LogP contribution in [0, 0.1) is 6.92 Å². The van der Waals surface area contributed by atoms with Crippen LogP contribution >= 0.6 is 0 Å². The molecule has 3 nitrogen and oxygen atoms in total. The Bertz CT molecular complexity index is 837. The first-order chi connectivity index (χ1) is 10.7. The lowest BCUT2D eigenvalue weighted by Gasteiger charge is -2.10. The average Bonchev–Trinajstić information content (AvgIpc) is 2.54. The van der Waals surface area contributed by atoms with Gasteiger partial charge in [0.1, 0.15) is 17.9 Å². The van der Waals surface area contributed by atoms with Gasteiger partial charge in [0.25, 0.3) is 0 Å². The number of phenols is 1. The molecule has 110 valence electrons. The van der Waals surface area contributed by atoms with Gasteiger partial charge in [0.2, 0.25) is 0 Å². The highest BCUT2D eigenvalue weighted by Crippen LogP contribution is 2.29. The standard InChI is InChI=1S/C19H16O3/c1-13-6-2-3-8-15(13)12-22-19(21)17-11-10-14-7-4-5-9-16(14)18(17)20/h2-11,20H,12H2,1H3. The van der Waals surface area contributed by atoms with Gasteiger partial charge in [-0.1, -0.05) is 54.6 Å². The second-order valence-electron chi connectivity index (χ2n) is 5.19. The van der Waals surface area contributed by atoms with Crippen LogP contribution in [0.15, 0.2) is 60.7 Å². The van der Waals surface area contributed by atoms with Crippen molar-refractivity contribution < 1.29 is 14.6 Å². The molecule has 0 saturated carbocycles. The largest absolute Gasteiger partial charge is 0.506 e. The summed E-state index contributed by atoms with van der Waals surface area (Å²) < 4.78 is 5.33. The van der Waals surface area contributed by atoms with E-state index in [9.17, 15) is 9.90 Å². The van der Waals surface area contributed by atoms with Crippen molar-refractivity contribution in [2.45, 2.75) is 13.5 Å².